The molecule has 1 fully saturated rings. The fourth-order valence-electron chi connectivity index (χ4n) is 2.41. The van der Waals surface area contributed by atoms with Gasteiger partial charge in [0.15, 0.2) is 0 Å². The monoisotopic (exact) mass is 357 g/mol. The molecule has 1 aliphatic rings. The van der Waals surface area contributed by atoms with Crippen LogP contribution in [0.4, 0.5) is 17.6 Å². The molecule has 0 bridgehead atoms. The summed E-state index contributed by atoms with van der Waals surface area (Å²) in [6.45, 7) is 2.76. The van der Waals surface area contributed by atoms with Crippen LogP contribution in [0.5, 0.6) is 6.01 Å². The van der Waals surface area contributed by atoms with Crippen molar-refractivity contribution in [2.75, 3.05) is 62.7 Å². The average Bonchev–Trinajstić information content (AvgIpc) is 2.69. The first-order valence-electron chi connectivity index (χ1n) is 8.35. The van der Waals surface area contributed by atoms with Crippen molar-refractivity contribution < 1.29 is 9.47 Å². The number of hydrogen-bond acceptors (Lipinski definition) is 9. The molecule has 3 rings (SSSR count). The summed E-state index contributed by atoms with van der Waals surface area (Å²) < 4.78 is 10.5. The summed E-state index contributed by atoms with van der Waals surface area (Å²) in [7, 11) is 5.54. The molecule has 9 nitrogen and oxygen atoms in total. The minimum atomic E-state index is 0.245. The van der Waals surface area contributed by atoms with Crippen molar-refractivity contribution in [3.8, 4) is 6.01 Å². The summed E-state index contributed by atoms with van der Waals surface area (Å²) in [6.07, 6.45) is 1.71. The minimum absolute atomic E-state index is 0.245. The molecule has 26 heavy (non-hydrogen) atoms. The van der Waals surface area contributed by atoms with E-state index in [-0.39, 0.29) is 6.01 Å². The smallest absolute Gasteiger partial charge is 0.322 e. The van der Waals surface area contributed by atoms with E-state index in [1.807, 2.05) is 48.2 Å². The molecule has 0 atom stereocenters. The van der Waals surface area contributed by atoms with Crippen LogP contribution in [0.3, 0.4) is 0 Å². The number of ether oxygens (including phenoxy) is 2. The van der Waals surface area contributed by atoms with Gasteiger partial charge in [-0.2, -0.15) is 20.1 Å². The van der Waals surface area contributed by atoms with Gasteiger partial charge >= 0.3 is 6.01 Å². The number of rotatable bonds is 6. The summed E-state index contributed by atoms with van der Waals surface area (Å²) in [6, 6.07) is 8.30. The first-order valence-corrected chi connectivity index (χ1v) is 8.35. The maximum atomic E-state index is 5.36. The predicted octanol–water partition coefficient (Wildman–Crippen LogP) is 1.23. The van der Waals surface area contributed by atoms with E-state index in [9.17, 15) is 0 Å². The molecule has 1 aromatic heterocycles. The number of benzene rings is 1. The van der Waals surface area contributed by atoms with Gasteiger partial charge in [-0.15, -0.1) is 0 Å². The Hall–Kier alpha value is -2.94. The Morgan fingerprint density at radius 2 is 1.88 bits per heavy atom. The van der Waals surface area contributed by atoms with Gasteiger partial charge in [-0.25, -0.2) is 5.43 Å². The standard InChI is InChI=1S/C17H23N7O2/c1-23(2)14-6-4-13(5-7-14)12-18-22-15-19-16(21-17(20-15)25-3)24-8-10-26-11-9-24/h4-7,12H,8-11H2,1-3H3,(H,19,20,21,22)/b18-12-. The first kappa shape index (κ1) is 17.9. The van der Waals surface area contributed by atoms with Gasteiger partial charge in [0.25, 0.3) is 5.95 Å². The van der Waals surface area contributed by atoms with Gasteiger partial charge in [-0.05, 0) is 17.7 Å². The molecule has 0 amide bonds. The Labute approximate surface area is 152 Å². The zero-order valence-corrected chi connectivity index (χ0v) is 15.2. The molecule has 0 spiro atoms. The molecule has 0 unspecified atom stereocenters. The fourth-order valence-corrected chi connectivity index (χ4v) is 2.41. The van der Waals surface area contributed by atoms with Gasteiger partial charge < -0.3 is 19.3 Å². The third kappa shape index (κ3) is 4.57. The van der Waals surface area contributed by atoms with E-state index in [0.717, 1.165) is 24.3 Å². The molecule has 138 valence electrons. The van der Waals surface area contributed by atoms with Crippen LogP contribution in [0, 0.1) is 0 Å². The summed E-state index contributed by atoms with van der Waals surface area (Å²) in [5.74, 6) is 0.882. The third-order valence-electron chi connectivity index (χ3n) is 3.87. The lowest BCUT2D eigenvalue weighted by molar-refractivity contribution is 0.122. The SMILES string of the molecule is COc1nc(N/N=C\c2ccc(N(C)C)cc2)nc(N2CCOCC2)n1. The van der Waals surface area contributed by atoms with Gasteiger partial charge in [-0.3, -0.25) is 0 Å². The number of nitrogens with one attached hydrogen (secondary N) is 1. The van der Waals surface area contributed by atoms with E-state index in [2.05, 4.69) is 25.5 Å². The number of hydrazone groups is 1. The Balaban J connectivity index is 1.70. The summed E-state index contributed by atoms with van der Waals surface area (Å²) >= 11 is 0. The summed E-state index contributed by atoms with van der Waals surface area (Å²) in [5.41, 5.74) is 4.95. The minimum Gasteiger partial charge on any atom is -0.467 e. The molecule has 1 saturated heterocycles. The van der Waals surface area contributed by atoms with Crippen molar-refractivity contribution in [2.24, 2.45) is 5.10 Å². The molecule has 1 N–H and O–H groups in total. The van der Waals surface area contributed by atoms with Gasteiger partial charge in [-0.1, -0.05) is 12.1 Å². The number of anilines is 3. The average molecular weight is 357 g/mol. The van der Waals surface area contributed by atoms with Crippen molar-refractivity contribution in [1.29, 1.82) is 0 Å². The highest BCUT2D eigenvalue weighted by molar-refractivity contribution is 5.80. The van der Waals surface area contributed by atoms with Gasteiger partial charge in [0, 0.05) is 32.9 Å². The van der Waals surface area contributed by atoms with E-state index in [4.69, 9.17) is 9.47 Å². The molecule has 0 aliphatic carbocycles. The highest BCUT2D eigenvalue weighted by Gasteiger charge is 2.16. The molecular formula is C17H23N7O2. The lowest BCUT2D eigenvalue weighted by Gasteiger charge is -2.26. The molecule has 0 saturated carbocycles. The molecule has 2 heterocycles. The summed E-state index contributed by atoms with van der Waals surface area (Å²) in [5, 5.41) is 4.21. The van der Waals surface area contributed by atoms with Crippen molar-refractivity contribution in [2.45, 2.75) is 0 Å². The van der Waals surface area contributed by atoms with Crippen LogP contribution in [0.1, 0.15) is 5.56 Å². The fraction of sp³-hybridized carbons (Fsp3) is 0.412. The Morgan fingerprint density at radius 3 is 2.54 bits per heavy atom. The van der Waals surface area contributed by atoms with Gasteiger partial charge in [0.2, 0.25) is 5.95 Å². The van der Waals surface area contributed by atoms with Crippen LogP contribution in [0.15, 0.2) is 29.4 Å². The Bertz CT molecular complexity index is 743. The van der Waals surface area contributed by atoms with E-state index in [1.54, 1.807) is 6.21 Å². The third-order valence-corrected chi connectivity index (χ3v) is 3.87. The van der Waals surface area contributed by atoms with Crippen LogP contribution in [-0.4, -0.2) is 68.7 Å². The van der Waals surface area contributed by atoms with Crippen molar-refractivity contribution in [1.82, 2.24) is 15.0 Å². The van der Waals surface area contributed by atoms with Crippen molar-refractivity contribution in [3.05, 3.63) is 29.8 Å². The lowest BCUT2D eigenvalue weighted by atomic mass is 10.2. The summed E-state index contributed by atoms with van der Waals surface area (Å²) in [4.78, 5) is 17.0. The molecule has 9 heteroatoms. The van der Waals surface area contributed by atoms with E-state index < -0.39 is 0 Å². The Morgan fingerprint density at radius 1 is 1.15 bits per heavy atom. The normalized spacial score (nSPS) is 14.5. The van der Waals surface area contributed by atoms with Crippen LogP contribution < -0.4 is 20.0 Å². The second-order valence-corrected chi connectivity index (χ2v) is 5.90. The van der Waals surface area contributed by atoms with Crippen LogP contribution in [-0.2, 0) is 4.74 Å². The van der Waals surface area contributed by atoms with Crippen LogP contribution in [0.2, 0.25) is 0 Å². The molecule has 0 radical (unpaired) electrons. The highest BCUT2D eigenvalue weighted by Crippen LogP contribution is 2.16. The van der Waals surface area contributed by atoms with Crippen LogP contribution >= 0.6 is 0 Å². The molecule has 1 aromatic carbocycles. The van der Waals surface area contributed by atoms with Gasteiger partial charge in [0.1, 0.15) is 0 Å². The predicted molar refractivity (Wildman–Crippen MR) is 101 cm³/mol. The number of methoxy groups -OCH3 is 1. The maximum absolute atomic E-state index is 5.36. The largest absolute Gasteiger partial charge is 0.467 e. The zero-order chi connectivity index (χ0) is 18.4. The second-order valence-electron chi connectivity index (χ2n) is 5.90. The number of nitrogens with zero attached hydrogens (tertiary/aromatic N) is 6. The highest BCUT2D eigenvalue weighted by atomic mass is 16.5. The second kappa shape index (κ2) is 8.43. The lowest BCUT2D eigenvalue weighted by Crippen LogP contribution is -2.37. The quantitative estimate of drug-likeness (QED) is 0.610. The number of morpholine rings is 1. The Kier molecular flexibility index (Phi) is 5.80. The van der Waals surface area contributed by atoms with Crippen molar-refractivity contribution >= 4 is 23.8 Å². The van der Waals surface area contributed by atoms with Crippen LogP contribution in [0.25, 0.3) is 0 Å². The number of aromatic nitrogens is 3. The molecule has 2 aromatic rings. The van der Waals surface area contributed by atoms with E-state index >= 15 is 0 Å². The van der Waals surface area contributed by atoms with E-state index in [1.165, 1.54) is 7.11 Å². The number of hydrogen-bond donors (Lipinski definition) is 1. The van der Waals surface area contributed by atoms with Gasteiger partial charge in [0.05, 0.1) is 26.5 Å². The first-order chi connectivity index (χ1) is 12.7. The topological polar surface area (TPSA) is 88.0 Å². The molecule has 1 aliphatic heterocycles. The van der Waals surface area contributed by atoms with Crippen molar-refractivity contribution in [3.63, 3.8) is 0 Å². The van der Waals surface area contributed by atoms with E-state index in [0.29, 0.717) is 25.1 Å². The molecular weight excluding hydrogens is 334 g/mol. The maximum Gasteiger partial charge on any atom is 0.322 e. The zero-order valence-electron chi connectivity index (χ0n) is 15.2.